The molecule has 13 heavy (non-hydrogen) atoms. The first-order valence-corrected chi connectivity index (χ1v) is 5.03. The van der Waals surface area contributed by atoms with Crippen molar-refractivity contribution in [1.29, 1.82) is 0 Å². The fraction of sp³-hybridized carbons (Fsp3) is 0.455. The predicted octanol–water partition coefficient (Wildman–Crippen LogP) is 2.30. The fourth-order valence-corrected chi connectivity index (χ4v) is 2.02. The van der Waals surface area contributed by atoms with Gasteiger partial charge in [-0.15, -0.1) is 0 Å². The molecule has 0 spiro atoms. The van der Waals surface area contributed by atoms with Crippen molar-refractivity contribution in [3.05, 3.63) is 24.3 Å². The lowest BCUT2D eigenvalue weighted by molar-refractivity contribution is 0.653. The van der Waals surface area contributed by atoms with Crippen LogP contribution in [0, 0.1) is 5.92 Å². The highest BCUT2D eigenvalue weighted by molar-refractivity contribution is 5.71. The second kappa shape index (κ2) is 2.66. The van der Waals surface area contributed by atoms with Gasteiger partial charge in [0, 0.05) is 12.6 Å². The van der Waals surface area contributed by atoms with Gasteiger partial charge in [0.15, 0.2) is 0 Å². The van der Waals surface area contributed by atoms with E-state index in [1.165, 1.54) is 24.2 Å². The predicted molar refractivity (Wildman–Crippen MR) is 55.1 cm³/mol. The number of fused-ring (bicyclic) bond motifs is 1. The molecule has 0 bridgehead atoms. The van der Waals surface area contributed by atoms with Gasteiger partial charge < -0.3 is 10.6 Å². The monoisotopic (exact) mass is 174 g/mol. The molecular weight excluding hydrogens is 160 g/mol. The van der Waals surface area contributed by atoms with Crippen LogP contribution in [0.15, 0.2) is 24.3 Å². The van der Waals surface area contributed by atoms with Gasteiger partial charge in [0.05, 0.1) is 11.4 Å². The molecule has 1 aliphatic carbocycles. The summed E-state index contributed by atoms with van der Waals surface area (Å²) in [4.78, 5) is 0. The molecule has 0 saturated heterocycles. The fourth-order valence-electron chi connectivity index (χ4n) is 2.02. The average molecular weight is 174 g/mol. The van der Waals surface area contributed by atoms with Crippen LogP contribution >= 0.6 is 0 Å². The van der Waals surface area contributed by atoms with E-state index in [0.29, 0.717) is 6.04 Å². The second-order valence-electron chi connectivity index (χ2n) is 4.01. The highest BCUT2D eigenvalue weighted by atomic mass is 15.1. The first-order chi connectivity index (χ1) is 6.43. The normalized spacial score (nSPS) is 25.7. The third kappa shape index (κ3) is 1.26. The molecule has 1 saturated carbocycles. The third-order valence-electron chi connectivity index (χ3n) is 2.97. The molecule has 2 heteroatoms. The molecule has 1 aromatic rings. The summed E-state index contributed by atoms with van der Waals surface area (Å²) in [5.41, 5.74) is 2.52. The van der Waals surface area contributed by atoms with Gasteiger partial charge in [-0.2, -0.15) is 0 Å². The van der Waals surface area contributed by atoms with Gasteiger partial charge in [0.2, 0.25) is 0 Å². The molecule has 1 heterocycles. The van der Waals surface area contributed by atoms with Gasteiger partial charge in [-0.25, -0.2) is 0 Å². The molecule has 2 N–H and O–H groups in total. The van der Waals surface area contributed by atoms with Gasteiger partial charge in [0.25, 0.3) is 0 Å². The van der Waals surface area contributed by atoms with Gasteiger partial charge in [0.1, 0.15) is 0 Å². The molecule has 2 nitrogen and oxygen atoms in total. The number of rotatable bonds is 1. The van der Waals surface area contributed by atoms with E-state index in [2.05, 4.69) is 34.9 Å². The molecular formula is C11H14N2. The number of benzene rings is 1. The maximum Gasteiger partial charge on any atom is 0.0578 e. The summed E-state index contributed by atoms with van der Waals surface area (Å²) in [6.45, 7) is 1.08. The summed E-state index contributed by atoms with van der Waals surface area (Å²) in [5.74, 6) is 0.917. The number of para-hydroxylation sites is 2. The van der Waals surface area contributed by atoms with E-state index in [4.69, 9.17) is 0 Å². The average Bonchev–Trinajstić information content (AvgIpc) is 3.00. The molecule has 0 amide bonds. The van der Waals surface area contributed by atoms with Crippen LogP contribution in [0.2, 0.25) is 0 Å². The van der Waals surface area contributed by atoms with Gasteiger partial charge in [-0.3, -0.25) is 0 Å². The number of hydrogen-bond acceptors (Lipinski definition) is 2. The summed E-state index contributed by atoms with van der Waals surface area (Å²) >= 11 is 0. The molecule has 1 aromatic carbocycles. The summed E-state index contributed by atoms with van der Waals surface area (Å²) in [6, 6.07) is 9.10. The van der Waals surface area contributed by atoms with Gasteiger partial charge in [-0.1, -0.05) is 12.1 Å². The Labute approximate surface area is 78.3 Å². The first-order valence-electron chi connectivity index (χ1n) is 5.03. The Morgan fingerprint density at radius 1 is 1.08 bits per heavy atom. The highest BCUT2D eigenvalue weighted by Crippen LogP contribution is 2.37. The Hall–Kier alpha value is -1.18. The summed E-state index contributed by atoms with van der Waals surface area (Å²) < 4.78 is 0. The van der Waals surface area contributed by atoms with Crippen LogP contribution in [0.5, 0.6) is 0 Å². The maximum atomic E-state index is 3.60. The molecule has 1 fully saturated rings. The van der Waals surface area contributed by atoms with E-state index < -0.39 is 0 Å². The molecule has 2 aliphatic rings. The first kappa shape index (κ1) is 7.25. The minimum absolute atomic E-state index is 0.662. The largest absolute Gasteiger partial charge is 0.381 e. The summed E-state index contributed by atoms with van der Waals surface area (Å²) in [7, 11) is 0. The minimum atomic E-state index is 0.662. The van der Waals surface area contributed by atoms with Gasteiger partial charge >= 0.3 is 0 Å². The van der Waals surface area contributed by atoms with Crippen molar-refractivity contribution in [2.45, 2.75) is 18.9 Å². The number of hydrogen-bond donors (Lipinski definition) is 2. The molecule has 68 valence electrons. The van der Waals surface area contributed by atoms with Crippen molar-refractivity contribution in [2.75, 3.05) is 17.2 Å². The molecule has 0 radical (unpaired) electrons. The van der Waals surface area contributed by atoms with Crippen LogP contribution in [-0.2, 0) is 0 Å². The minimum Gasteiger partial charge on any atom is -0.381 e. The van der Waals surface area contributed by atoms with Crippen LogP contribution in [0.25, 0.3) is 0 Å². The lowest BCUT2D eigenvalue weighted by atomic mass is 10.1. The zero-order valence-corrected chi connectivity index (χ0v) is 7.59. The van der Waals surface area contributed by atoms with E-state index >= 15 is 0 Å². The molecule has 0 unspecified atom stereocenters. The van der Waals surface area contributed by atoms with Crippen molar-refractivity contribution >= 4 is 11.4 Å². The van der Waals surface area contributed by atoms with Gasteiger partial charge in [-0.05, 0) is 30.9 Å². The topological polar surface area (TPSA) is 24.1 Å². The Kier molecular flexibility index (Phi) is 1.48. The Bertz CT molecular complexity index is 318. The molecule has 3 rings (SSSR count). The van der Waals surface area contributed by atoms with Crippen LogP contribution in [0.3, 0.4) is 0 Å². The third-order valence-corrected chi connectivity index (χ3v) is 2.97. The van der Waals surface area contributed by atoms with Crippen molar-refractivity contribution in [2.24, 2.45) is 5.92 Å². The highest BCUT2D eigenvalue weighted by Gasteiger charge is 2.32. The number of nitrogens with one attached hydrogen (secondary N) is 2. The summed E-state index contributed by atoms with van der Waals surface area (Å²) in [6.07, 6.45) is 2.81. The maximum absolute atomic E-state index is 3.60. The van der Waals surface area contributed by atoms with Crippen LogP contribution in [0.4, 0.5) is 11.4 Å². The number of anilines is 2. The van der Waals surface area contributed by atoms with Crippen LogP contribution < -0.4 is 10.6 Å². The smallest absolute Gasteiger partial charge is 0.0578 e. The van der Waals surface area contributed by atoms with Crippen LogP contribution in [0.1, 0.15) is 12.8 Å². The van der Waals surface area contributed by atoms with Crippen molar-refractivity contribution in [3.8, 4) is 0 Å². The second-order valence-corrected chi connectivity index (χ2v) is 4.01. The van der Waals surface area contributed by atoms with Crippen molar-refractivity contribution in [3.63, 3.8) is 0 Å². The lowest BCUT2D eigenvalue weighted by Gasteiger charge is -2.28. The lowest BCUT2D eigenvalue weighted by Crippen LogP contribution is -2.34. The quantitative estimate of drug-likeness (QED) is 0.682. The molecule has 1 aliphatic heterocycles. The van der Waals surface area contributed by atoms with E-state index in [0.717, 1.165) is 12.5 Å². The van der Waals surface area contributed by atoms with E-state index in [1.807, 2.05) is 0 Å². The van der Waals surface area contributed by atoms with E-state index in [-0.39, 0.29) is 0 Å². The molecule has 1 atom stereocenters. The van der Waals surface area contributed by atoms with Crippen LogP contribution in [-0.4, -0.2) is 12.6 Å². The van der Waals surface area contributed by atoms with E-state index in [9.17, 15) is 0 Å². The zero-order valence-electron chi connectivity index (χ0n) is 7.59. The SMILES string of the molecule is c1ccc2c(c1)NC[C@H](C1CC1)N2. The standard InChI is InChI=1S/C11H14N2/c1-2-4-10-9(3-1)12-7-11(13-10)8-5-6-8/h1-4,8,11-13H,5-7H2/t11-/m1/s1. The Balaban J connectivity index is 1.85. The van der Waals surface area contributed by atoms with Crippen molar-refractivity contribution in [1.82, 2.24) is 0 Å². The zero-order chi connectivity index (χ0) is 8.67. The Morgan fingerprint density at radius 2 is 1.85 bits per heavy atom. The van der Waals surface area contributed by atoms with Crippen molar-refractivity contribution < 1.29 is 0 Å². The molecule has 0 aromatic heterocycles. The van der Waals surface area contributed by atoms with E-state index in [1.54, 1.807) is 0 Å². The summed E-state index contributed by atoms with van der Waals surface area (Å²) in [5, 5.41) is 7.07. The Morgan fingerprint density at radius 3 is 2.62 bits per heavy atom.